The Labute approximate surface area is 119 Å². The third kappa shape index (κ3) is 3.34. The van der Waals surface area contributed by atoms with Crippen LogP contribution < -0.4 is 10.6 Å². The summed E-state index contributed by atoms with van der Waals surface area (Å²) in [5.41, 5.74) is -1.42. The second-order valence-electron chi connectivity index (χ2n) is 5.10. The fourth-order valence-corrected chi connectivity index (χ4v) is 2.34. The van der Waals surface area contributed by atoms with E-state index in [2.05, 4.69) is 10.6 Å². The van der Waals surface area contributed by atoms with E-state index in [-0.39, 0.29) is 23.1 Å². The molecular weight excluding hydrogens is 283 g/mol. The van der Waals surface area contributed by atoms with Crippen molar-refractivity contribution in [2.45, 2.75) is 13.1 Å². The van der Waals surface area contributed by atoms with Crippen LogP contribution in [-0.4, -0.2) is 19.0 Å². The van der Waals surface area contributed by atoms with Crippen LogP contribution in [0.1, 0.15) is 18.1 Å². The minimum Gasteiger partial charge on any atom is -0.325 e. The van der Waals surface area contributed by atoms with E-state index in [4.69, 9.17) is 5.26 Å². The van der Waals surface area contributed by atoms with E-state index < -0.39 is 17.6 Å². The van der Waals surface area contributed by atoms with Crippen LogP contribution in [0, 0.1) is 23.2 Å². The maximum Gasteiger partial charge on any atom is 0.418 e. The number of carbonyl (C=O) groups excluding carboxylic acids is 1. The first-order valence-electron chi connectivity index (χ1n) is 6.46. The summed E-state index contributed by atoms with van der Waals surface area (Å²) < 4.78 is 39.0. The lowest BCUT2D eigenvalue weighted by Gasteiger charge is -2.17. The molecule has 1 heterocycles. The summed E-state index contributed by atoms with van der Waals surface area (Å²) in [7, 11) is 0. The quantitative estimate of drug-likeness (QED) is 0.881. The van der Waals surface area contributed by atoms with Crippen molar-refractivity contribution in [3.05, 3.63) is 29.3 Å². The minimum atomic E-state index is -4.63. The van der Waals surface area contributed by atoms with E-state index in [1.165, 1.54) is 6.07 Å². The lowest BCUT2D eigenvalue weighted by molar-refractivity contribution is -0.137. The monoisotopic (exact) mass is 297 g/mol. The van der Waals surface area contributed by atoms with Gasteiger partial charge in [0, 0.05) is 6.54 Å². The predicted octanol–water partition coefficient (Wildman–Crippen LogP) is 2.37. The fourth-order valence-electron chi connectivity index (χ4n) is 2.34. The first kappa shape index (κ1) is 15.3. The molecule has 0 bridgehead atoms. The Morgan fingerprint density at radius 1 is 1.43 bits per heavy atom. The number of alkyl halides is 3. The average Bonchev–Trinajstić information content (AvgIpc) is 2.84. The number of halogens is 3. The van der Waals surface area contributed by atoms with Crippen LogP contribution in [0.4, 0.5) is 18.9 Å². The Hall–Kier alpha value is -2.07. The molecule has 2 rings (SSSR count). The molecule has 2 atom stereocenters. The minimum absolute atomic E-state index is 0.0673. The van der Waals surface area contributed by atoms with Gasteiger partial charge in [0.2, 0.25) is 5.91 Å². The van der Waals surface area contributed by atoms with E-state index >= 15 is 0 Å². The SMILES string of the molecule is C[C@@H]1CNC[C@H]1C(=O)Nc1ccc(C#N)cc1C(F)(F)F. The molecule has 1 aliphatic heterocycles. The highest BCUT2D eigenvalue weighted by Gasteiger charge is 2.36. The van der Waals surface area contributed by atoms with Gasteiger partial charge < -0.3 is 10.6 Å². The highest BCUT2D eigenvalue weighted by molar-refractivity contribution is 5.94. The molecule has 1 aromatic carbocycles. The number of anilines is 1. The lowest BCUT2D eigenvalue weighted by Crippen LogP contribution is -2.28. The second kappa shape index (κ2) is 5.74. The molecule has 0 radical (unpaired) electrons. The fraction of sp³-hybridized carbons (Fsp3) is 0.429. The number of hydrogen-bond acceptors (Lipinski definition) is 3. The van der Waals surface area contributed by atoms with E-state index in [1.54, 1.807) is 6.07 Å². The maximum absolute atomic E-state index is 13.0. The molecule has 1 aromatic rings. The van der Waals surface area contributed by atoms with Crippen molar-refractivity contribution in [1.82, 2.24) is 5.32 Å². The van der Waals surface area contributed by atoms with Crippen LogP contribution in [0.2, 0.25) is 0 Å². The molecule has 0 aliphatic carbocycles. The van der Waals surface area contributed by atoms with Crippen LogP contribution in [0.15, 0.2) is 18.2 Å². The van der Waals surface area contributed by atoms with Crippen LogP contribution in [0.5, 0.6) is 0 Å². The number of nitriles is 1. The number of nitrogens with one attached hydrogen (secondary N) is 2. The van der Waals surface area contributed by atoms with Gasteiger partial charge in [-0.25, -0.2) is 0 Å². The van der Waals surface area contributed by atoms with Gasteiger partial charge in [-0.15, -0.1) is 0 Å². The second-order valence-corrected chi connectivity index (χ2v) is 5.10. The smallest absolute Gasteiger partial charge is 0.325 e. The van der Waals surface area contributed by atoms with Crippen molar-refractivity contribution in [3.8, 4) is 6.07 Å². The molecule has 21 heavy (non-hydrogen) atoms. The van der Waals surface area contributed by atoms with Gasteiger partial charge in [-0.3, -0.25) is 4.79 Å². The summed E-state index contributed by atoms with van der Waals surface area (Å²) in [6, 6.07) is 4.77. The van der Waals surface area contributed by atoms with Gasteiger partial charge in [0.05, 0.1) is 28.8 Å². The summed E-state index contributed by atoms with van der Waals surface area (Å²) in [5.74, 6) is -0.734. The van der Waals surface area contributed by atoms with Crippen LogP contribution in [0.3, 0.4) is 0 Å². The van der Waals surface area contributed by atoms with E-state index in [1.807, 2.05) is 6.92 Å². The molecule has 1 aliphatic rings. The number of benzene rings is 1. The molecule has 1 amide bonds. The van der Waals surface area contributed by atoms with Crippen LogP contribution >= 0.6 is 0 Å². The van der Waals surface area contributed by atoms with Crippen molar-refractivity contribution < 1.29 is 18.0 Å². The Morgan fingerprint density at radius 2 is 2.14 bits per heavy atom. The number of carbonyl (C=O) groups is 1. The number of nitrogens with zero attached hydrogens (tertiary/aromatic N) is 1. The van der Waals surface area contributed by atoms with Crippen molar-refractivity contribution >= 4 is 11.6 Å². The normalized spacial score (nSPS) is 21.9. The molecule has 0 unspecified atom stereocenters. The summed E-state index contributed by atoms with van der Waals surface area (Å²) in [4.78, 5) is 12.1. The van der Waals surface area contributed by atoms with Crippen molar-refractivity contribution in [2.24, 2.45) is 11.8 Å². The Morgan fingerprint density at radius 3 is 2.67 bits per heavy atom. The zero-order valence-electron chi connectivity index (χ0n) is 11.3. The van der Waals surface area contributed by atoms with Gasteiger partial charge in [-0.05, 0) is 30.7 Å². The van der Waals surface area contributed by atoms with E-state index in [0.717, 1.165) is 12.1 Å². The largest absolute Gasteiger partial charge is 0.418 e. The molecule has 0 saturated carbocycles. The number of rotatable bonds is 2. The van der Waals surface area contributed by atoms with Crippen LogP contribution in [-0.2, 0) is 11.0 Å². The van der Waals surface area contributed by atoms with Crippen molar-refractivity contribution in [2.75, 3.05) is 18.4 Å². The van der Waals surface area contributed by atoms with Gasteiger partial charge in [-0.2, -0.15) is 18.4 Å². The zero-order valence-corrected chi connectivity index (χ0v) is 11.3. The average molecular weight is 297 g/mol. The number of hydrogen-bond donors (Lipinski definition) is 2. The van der Waals surface area contributed by atoms with Gasteiger partial charge in [-0.1, -0.05) is 6.92 Å². The molecule has 1 saturated heterocycles. The molecular formula is C14H14F3N3O. The summed E-state index contributed by atoms with van der Waals surface area (Å²) in [6.45, 7) is 2.98. The molecule has 1 fully saturated rings. The Balaban J connectivity index is 2.27. The van der Waals surface area contributed by atoms with E-state index in [9.17, 15) is 18.0 Å². The van der Waals surface area contributed by atoms with Gasteiger partial charge in [0.25, 0.3) is 0 Å². The van der Waals surface area contributed by atoms with Crippen molar-refractivity contribution in [1.29, 1.82) is 5.26 Å². The Kier molecular flexibility index (Phi) is 4.19. The summed E-state index contributed by atoms with van der Waals surface area (Å²) in [6.07, 6.45) is -4.63. The first-order chi connectivity index (χ1) is 9.82. The maximum atomic E-state index is 13.0. The molecule has 0 spiro atoms. The van der Waals surface area contributed by atoms with Gasteiger partial charge in [0.1, 0.15) is 0 Å². The molecule has 7 heteroatoms. The third-order valence-corrected chi connectivity index (χ3v) is 3.57. The first-order valence-corrected chi connectivity index (χ1v) is 6.46. The summed E-state index contributed by atoms with van der Waals surface area (Å²) >= 11 is 0. The molecule has 4 nitrogen and oxygen atoms in total. The topological polar surface area (TPSA) is 64.9 Å². The standard InChI is InChI=1S/C14H14F3N3O/c1-8-6-19-7-10(8)13(21)20-12-3-2-9(5-18)4-11(12)14(15,16)17/h2-4,8,10,19H,6-7H2,1H3,(H,20,21)/t8-,10-/m1/s1. The van der Waals surface area contributed by atoms with Gasteiger partial charge in [0.15, 0.2) is 0 Å². The highest BCUT2D eigenvalue weighted by atomic mass is 19.4. The Bertz CT molecular complexity index is 592. The molecule has 112 valence electrons. The van der Waals surface area contributed by atoms with Crippen molar-refractivity contribution in [3.63, 3.8) is 0 Å². The summed E-state index contributed by atoms with van der Waals surface area (Å²) in [5, 5.41) is 14.1. The predicted molar refractivity (Wildman–Crippen MR) is 70.3 cm³/mol. The third-order valence-electron chi connectivity index (χ3n) is 3.57. The van der Waals surface area contributed by atoms with E-state index in [0.29, 0.717) is 13.1 Å². The van der Waals surface area contributed by atoms with Crippen LogP contribution in [0.25, 0.3) is 0 Å². The van der Waals surface area contributed by atoms with Gasteiger partial charge >= 0.3 is 6.18 Å². The molecule has 0 aromatic heterocycles. The molecule has 2 N–H and O–H groups in total. The lowest BCUT2D eigenvalue weighted by atomic mass is 9.97. The zero-order chi connectivity index (χ0) is 15.6. The highest BCUT2D eigenvalue weighted by Crippen LogP contribution is 2.35. The number of amides is 1.